The van der Waals surface area contributed by atoms with Crippen LogP contribution in [0.5, 0.6) is 5.75 Å². The molecule has 0 saturated carbocycles. The zero-order chi connectivity index (χ0) is 22.4. The molecule has 1 aliphatic rings. The lowest BCUT2D eigenvalue weighted by atomic mass is 10.2. The highest BCUT2D eigenvalue weighted by molar-refractivity contribution is 7.91. The molecule has 7 nitrogen and oxygen atoms in total. The number of nitrogens with one attached hydrogen (secondary N) is 1. The molecule has 2 aromatic rings. The van der Waals surface area contributed by atoms with E-state index >= 15 is 0 Å². The predicted molar refractivity (Wildman–Crippen MR) is 118 cm³/mol. The van der Waals surface area contributed by atoms with Gasteiger partial charge < -0.3 is 10.1 Å². The number of amides is 1. The highest BCUT2D eigenvalue weighted by Gasteiger charge is 2.26. The molecule has 0 spiro atoms. The normalized spacial score (nSPS) is 16.6. The van der Waals surface area contributed by atoms with Crippen LogP contribution >= 0.6 is 0 Å². The van der Waals surface area contributed by atoms with E-state index in [4.69, 9.17) is 4.74 Å². The molecule has 2 aromatic carbocycles. The molecule has 9 heteroatoms. The van der Waals surface area contributed by atoms with Crippen LogP contribution in [0.1, 0.15) is 6.92 Å². The van der Waals surface area contributed by atoms with Gasteiger partial charge >= 0.3 is 0 Å². The average Bonchev–Trinajstić information content (AvgIpc) is 2.77. The zero-order valence-corrected chi connectivity index (χ0v) is 18.6. The highest BCUT2D eigenvalue weighted by atomic mass is 32.2. The fourth-order valence-electron chi connectivity index (χ4n) is 3.51. The van der Waals surface area contributed by atoms with Crippen LogP contribution in [-0.4, -0.2) is 75.8 Å². The minimum atomic E-state index is -3.40. The van der Waals surface area contributed by atoms with Gasteiger partial charge in [0.1, 0.15) is 11.6 Å². The summed E-state index contributed by atoms with van der Waals surface area (Å²) in [6.07, 6.45) is 0. The molecule has 1 unspecified atom stereocenters. The number of anilines is 1. The Morgan fingerprint density at radius 1 is 1.13 bits per heavy atom. The molecule has 0 aliphatic carbocycles. The van der Waals surface area contributed by atoms with Crippen molar-refractivity contribution in [3.8, 4) is 5.75 Å². The van der Waals surface area contributed by atoms with E-state index in [2.05, 4.69) is 10.2 Å². The van der Waals surface area contributed by atoms with Gasteiger partial charge in [0.15, 0.2) is 9.84 Å². The van der Waals surface area contributed by atoms with Crippen molar-refractivity contribution < 1.29 is 22.3 Å². The third-order valence-corrected chi connectivity index (χ3v) is 7.19. The smallest absolute Gasteiger partial charge is 0.241 e. The van der Waals surface area contributed by atoms with Crippen molar-refractivity contribution in [2.24, 2.45) is 0 Å². The van der Waals surface area contributed by atoms with Gasteiger partial charge in [0, 0.05) is 38.4 Å². The topological polar surface area (TPSA) is 79.0 Å². The predicted octanol–water partition coefficient (Wildman–Crippen LogP) is 2.25. The summed E-state index contributed by atoms with van der Waals surface area (Å²) in [5.74, 6) is -0.0571. The number of halogens is 1. The summed E-state index contributed by atoms with van der Waals surface area (Å²) >= 11 is 0. The fraction of sp³-hybridized carbons (Fsp3) is 0.409. The first kappa shape index (κ1) is 23.2. The molecule has 1 atom stereocenters. The average molecular weight is 450 g/mol. The molecule has 1 saturated heterocycles. The van der Waals surface area contributed by atoms with Crippen LogP contribution in [-0.2, 0) is 14.6 Å². The van der Waals surface area contributed by atoms with Gasteiger partial charge in [-0.2, -0.15) is 0 Å². The minimum Gasteiger partial charge on any atom is -0.497 e. The van der Waals surface area contributed by atoms with Gasteiger partial charge in [-0.1, -0.05) is 12.1 Å². The molecule has 31 heavy (non-hydrogen) atoms. The van der Waals surface area contributed by atoms with E-state index in [1.807, 2.05) is 11.8 Å². The van der Waals surface area contributed by atoms with E-state index in [9.17, 15) is 17.6 Å². The third-order valence-electron chi connectivity index (χ3n) is 5.50. The molecule has 0 radical (unpaired) electrons. The van der Waals surface area contributed by atoms with Gasteiger partial charge in [0.05, 0.1) is 23.8 Å². The second-order valence-electron chi connectivity index (χ2n) is 7.55. The molecule has 1 fully saturated rings. The van der Waals surface area contributed by atoms with Gasteiger partial charge in [0.25, 0.3) is 0 Å². The van der Waals surface area contributed by atoms with Crippen LogP contribution in [0.4, 0.5) is 10.1 Å². The molecule has 3 rings (SSSR count). The summed E-state index contributed by atoms with van der Waals surface area (Å²) in [4.78, 5) is 16.9. The Morgan fingerprint density at radius 2 is 1.84 bits per heavy atom. The van der Waals surface area contributed by atoms with Crippen molar-refractivity contribution in [3.63, 3.8) is 0 Å². The number of benzene rings is 2. The number of carbonyl (C=O) groups is 1. The molecular formula is C22H28FN3O4S. The van der Waals surface area contributed by atoms with E-state index in [0.717, 1.165) is 0 Å². The summed E-state index contributed by atoms with van der Waals surface area (Å²) in [5, 5.41) is 2.74. The molecule has 1 aliphatic heterocycles. The number of sulfone groups is 1. The van der Waals surface area contributed by atoms with Gasteiger partial charge in [-0.05, 0) is 43.3 Å². The second kappa shape index (κ2) is 10.2. The Balaban J connectivity index is 1.48. The Bertz CT molecular complexity index is 1010. The summed E-state index contributed by atoms with van der Waals surface area (Å²) in [6, 6.07) is 11.9. The molecule has 1 amide bonds. The fourth-order valence-corrected chi connectivity index (χ4v) is 4.83. The highest BCUT2D eigenvalue weighted by Crippen LogP contribution is 2.19. The maximum atomic E-state index is 13.3. The number of methoxy groups -OCH3 is 1. The SMILES string of the molecule is COc1cccc(S(=O)(=O)CCN2CCN(C(C)C(=O)Nc3cccc(F)c3)CC2)c1. The quantitative estimate of drug-likeness (QED) is 0.666. The Hall–Kier alpha value is -2.49. The van der Waals surface area contributed by atoms with Gasteiger partial charge in [-0.15, -0.1) is 0 Å². The van der Waals surface area contributed by atoms with E-state index < -0.39 is 15.7 Å². The number of hydrogen-bond donors (Lipinski definition) is 1. The minimum absolute atomic E-state index is 0.0236. The molecule has 168 valence electrons. The Morgan fingerprint density at radius 3 is 2.52 bits per heavy atom. The second-order valence-corrected chi connectivity index (χ2v) is 9.66. The van der Waals surface area contributed by atoms with Crippen molar-refractivity contribution in [1.82, 2.24) is 9.80 Å². The number of hydrogen-bond acceptors (Lipinski definition) is 6. The first-order valence-electron chi connectivity index (χ1n) is 10.2. The molecule has 1 N–H and O–H groups in total. The lowest BCUT2D eigenvalue weighted by molar-refractivity contribution is -0.121. The number of ether oxygens (including phenoxy) is 1. The lowest BCUT2D eigenvalue weighted by Crippen LogP contribution is -2.53. The standard InChI is InChI=1S/C22H28FN3O4S/c1-17(22(27)24-19-6-3-5-18(23)15-19)26-11-9-25(10-12-26)13-14-31(28,29)21-8-4-7-20(16-21)30-2/h3-8,15-17H,9-14H2,1-2H3,(H,24,27). The van der Waals surface area contributed by atoms with Crippen molar-refractivity contribution in [1.29, 1.82) is 0 Å². The molecule has 0 aromatic heterocycles. The maximum Gasteiger partial charge on any atom is 0.241 e. The number of rotatable bonds is 8. The van der Waals surface area contributed by atoms with Crippen LogP contribution < -0.4 is 10.1 Å². The Kier molecular flexibility index (Phi) is 7.64. The van der Waals surface area contributed by atoms with Crippen LogP contribution in [0.3, 0.4) is 0 Å². The van der Waals surface area contributed by atoms with E-state index in [1.165, 1.54) is 25.3 Å². The van der Waals surface area contributed by atoms with Crippen LogP contribution in [0.2, 0.25) is 0 Å². The third kappa shape index (κ3) is 6.25. The van der Waals surface area contributed by atoms with Crippen molar-refractivity contribution in [2.45, 2.75) is 17.9 Å². The van der Waals surface area contributed by atoms with Crippen molar-refractivity contribution >= 4 is 21.4 Å². The largest absolute Gasteiger partial charge is 0.497 e. The summed E-state index contributed by atoms with van der Waals surface area (Å²) in [5.41, 5.74) is 0.429. The molecule has 0 bridgehead atoms. The van der Waals surface area contributed by atoms with Gasteiger partial charge in [-0.25, -0.2) is 12.8 Å². The first-order chi connectivity index (χ1) is 14.8. The maximum absolute atomic E-state index is 13.3. The zero-order valence-electron chi connectivity index (χ0n) is 17.8. The van der Waals surface area contributed by atoms with E-state index in [1.54, 1.807) is 30.3 Å². The van der Waals surface area contributed by atoms with E-state index in [0.29, 0.717) is 44.2 Å². The van der Waals surface area contributed by atoms with Crippen LogP contribution in [0.25, 0.3) is 0 Å². The van der Waals surface area contributed by atoms with Gasteiger partial charge in [0.2, 0.25) is 5.91 Å². The summed E-state index contributed by atoms with van der Waals surface area (Å²) in [7, 11) is -1.90. The first-order valence-corrected chi connectivity index (χ1v) is 11.8. The Labute approximate surface area is 182 Å². The summed E-state index contributed by atoms with van der Waals surface area (Å²) < 4.78 is 43.7. The summed E-state index contributed by atoms with van der Waals surface area (Å²) in [6.45, 7) is 4.89. The number of piperazine rings is 1. The molecular weight excluding hydrogens is 421 g/mol. The van der Waals surface area contributed by atoms with Crippen molar-refractivity contribution in [2.75, 3.05) is 50.9 Å². The van der Waals surface area contributed by atoms with Gasteiger partial charge in [-0.3, -0.25) is 14.6 Å². The lowest BCUT2D eigenvalue weighted by Gasteiger charge is -2.37. The number of carbonyl (C=O) groups excluding carboxylic acids is 1. The van der Waals surface area contributed by atoms with E-state index in [-0.39, 0.29) is 22.6 Å². The van der Waals surface area contributed by atoms with Crippen molar-refractivity contribution in [3.05, 3.63) is 54.3 Å². The molecule has 1 heterocycles. The van der Waals surface area contributed by atoms with Crippen LogP contribution in [0.15, 0.2) is 53.4 Å². The number of nitrogens with zero attached hydrogens (tertiary/aromatic N) is 2. The monoisotopic (exact) mass is 449 g/mol. The van der Waals surface area contributed by atoms with Crippen LogP contribution in [0, 0.1) is 5.82 Å².